The third kappa shape index (κ3) is 14.0. The number of aliphatic hydroxyl groups excluding tert-OH is 3. The molecule has 19 nitrogen and oxygen atoms in total. The molecule has 0 unspecified atom stereocenters. The standard InChI is InChI=1S/C54H87FN6O13S/c1-15-41-54(10,67)46(63)34(6)60(12)28-30(2)25-52(8,66)48(32(4)44(33(5)50(65)72-41)73-42-26-53(9,69-14)47(64)35(7)71-42)74-51-43(62)39(24-31(3)70-51)59(11)22-20-38-29-61(58-57-38)40(27-55)45(68-13)36-16-18-37(19-17-36)49-56-21-23-75-49/h16-19,21,23,29-35,39-48,51,62-64,66-67H,15,20,22,24-28H2,1-14H3/t30-,31-,32+,33-,34-,35+,39+,40-,41-,42+,43-,44+,45-,46-,47+,48-,51+,52-,53-,54-/m1/s1. The minimum atomic E-state index is -1.85. The molecule has 1 aromatic carbocycles. The minimum Gasteiger partial charge on any atom is -0.459 e. The summed E-state index contributed by atoms with van der Waals surface area (Å²) in [4.78, 5) is 22.8. The van der Waals surface area contributed by atoms with E-state index in [1.54, 1.807) is 68.0 Å². The fourth-order valence-electron chi connectivity index (χ4n) is 11.7. The first-order valence-electron chi connectivity index (χ1n) is 26.6. The van der Waals surface area contributed by atoms with Gasteiger partial charge in [0.25, 0.3) is 0 Å². The largest absolute Gasteiger partial charge is 0.459 e. The first kappa shape index (κ1) is 61.1. The van der Waals surface area contributed by atoms with Crippen molar-refractivity contribution < 1.29 is 67.9 Å². The SMILES string of the molecule is CC[C@H]1OC(=O)[C@H](C)[C@@H](O[C@H]2C[C@@](C)(OC)[C@@H](O)[C@H](C)O2)[C@H](C)[C@@H](O[C@@H]2O[C@H](C)C[C@H](N(C)CCc3cn([C@H](CF)[C@H](OC)c4ccc(-c5nccs5)cc4)nn3)[C@H]2O)[C@](C)(O)C[C@@H](C)CN(C)[C@H](C)[C@@H](O)[C@]1(C)O. The molecular weight excluding hydrogens is 992 g/mol. The lowest BCUT2D eigenvalue weighted by Gasteiger charge is -2.49. The predicted octanol–water partition coefficient (Wildman–Crippen LogP) is 5.13. The normalized spacial score (nSPS) is 38.9. The number of nitrogens with zero attached hydrogens (tertiary/aromatic N) is 6. The highest BCUT2D eigenvalue weighted by Crippen LogP contribution is 2.41. The van der Waals surface area contributed by atoms with Gasteiger partial charge in [0, 0.05) is 81.5 Å². The van der Waals surface area contributed by atoms with Crippen molar-refractivity contribution in [3.8, 4) is 10.6 Å². The highest BCUT2D eigenvalue weighted by Gasteiger charge is 2.53. The van der Waals surface area contributed by atoms with Crippen LogP contribution in [0.1, 0.15) is 118 Å². The zero-order chi connectivity index (χ0) is 55.3. The van der Waals surface area contributed by atoms with E-state index in [0.717, 1.165) is 16.1 Å². The number of rotatable bonds is 16. The number of halogens is 1. The van der Waals surface area contributed by atoms with E-state index in [-0.39, 0.29) is 25.2 Å². The van der Waals surface area contributed by atoms with Crippen molar-refractivity contribution in [2.75, 3.05) is 48.1 Å². The summed E-state index contributed by atoms with van der Waals surface area (Å²) in [5.74, 6) is -2.87. The van der Waals surface area contributed by atoms with Crippen LogP contribution in [0, 0.1) is 17.8 Å². The number of likely N-dealkylation sites (N-methyl/N-ethyl adjacent to an activating group) is 2. The Morgan fingerprint density at radius 1 is 0.987 bits per heavy atom. The summed E-state index contributed by atoms with van der Waals surface area (Å²) in [7, 11) is 6.76. The van der Waals surface area contributed by atoms with Gasteiger partial charge < -0.3 is 68.5 Å². The van der Waals surface area contributed by atoms with Gasteiger partial charge in [0.05, 0.1) is 47.2 Å². The van der Waals surface area contributed by atoms with Gasteiger partial charge in [-0.1, -0.05) is 50.3 Å². The van der Waals surface area contributed by atoms with Crippen molar-refractivity contribution >= 4 is 17.3 Å². The van der Waals surface area contributed by atoms with Crippen molar-refractivity contribution in [1.82, 2.24) is 29.8 Å². The van der Waals surface area contributed by atoms with E-state index in [4.69, 9.17) is 33.2 Å². The Hall–Kier alpha value is -3.13. The summed E-state index contributed by atoms with van der Waals surface area (Å²) < 4.78 is 60.6. The summed E-state index contributed by atoms with van der Waals surface area (Å²) in [6.45, 7) is 17.5. The van der Waals surface area contributed by atoms with E-state index in [1.807, 2.05) is 67.4 Å². The van der Waals surface area contributed by atoms with Gasteiger partial charge in [-0.25, -0.2) is 14.1 Å². The second-order valence-electron chi connectivity index (χ2n) is 22.5. The maximum atomic E-state index is 14.9. The maximum Gasteiger partial charge on any atom is 0.311 e. The van der Waals surface area contributed by atoms with Gasteiger partial charge in [0.15, 0.2) is 12.6 Å². The number of methoxy groups -OCH3 is 2. The van der Waals surface area contributed by atoms with Gasteiger partial charge in [-0.05, 0) is 93.3 Å². The van der Waals surface area contributed by atoms with Crippen molar-refractivity contribution in [2.24, 2.45) is 17.8 Å². The highest BCUT2D eigenvalue weighted by molar-refractivity contribution is 7.13. The fourth-order valence-corrected chi connectivity index (χ4v) is 12.3. The van der Waals surface area contributed by atoms with Crippen LogP contribution in [0.2, 0.25) is 0 Å². The number of thiazole rings is 1. The summed E-state index contributed by atoms with van der Waals surface area (Å²) in [6.07, 6.45) is -6.21. The van der Waals surface area contributed by atoms with Crippen LogP contribution in [0.3, 0.4) is 0 Å². The minimum absolute atomic E-state index is 0.0846. The average Bonchev–Trinajstić information content (AvgIpc) is 4.09. The molecule has 0 radical (unpaired) electrons. The Bertz CT molecular complexity index is 2230. The van der Waals surface area contributed by atoms with E-state index < -0.39 is 127 Å². The number of hydrogen-bond acceptors (Lipinski definition) is 19. The van der Waals surface area contributed by atoms with E-state index in [1.165, 1.54) is 30.1 Å². The number of alkyl halides is 1. The van der Waals surface area contributed by atoms with Gasteiger partial charge >= 0.3 is 5.97 Å². The molecule has 0 saturated carbocycles. The molecule has 3 aromatic rings. The van der Waals surface area contributed by atoms with Crippen LogP contribution in [-0.4, -0.2) is 200 Å². The Morgan fingerprint density at radius 3 is 2.29 bits per heavy atom. The topological polar surface area (TPSA) is 233 Å². The summed E-state index contributed by atoms with van der Waals surface area (Å²) in [6, 6.07) is 5.83. The van der Waals surface area contributed by atoms with Crippen molar-refractivity contribution in [2.45, 2.75) is 204 Å². The number of aromatic nitrogens is 4. The van der Waals surface area contributed by atoms with Crippen LogP contribution < -0.4 is 0 Å². The van der Waals surface area contributed by atoms with Gasteiger partial charge in [-0.3, -0.25) is 4.79 Å². The van der Waals surface area contributed by atoms with Gasteiger partial charge in [-0.2, -0.15) is 0 Å². The van der Waals surface area contributed by atoms with E-state index in [9.17, 15) is 34.7 Å². The average molecular weight is 1080 g/mol. The number of hydrogen-bond donors (Lipinski definition) is 5. The van der Waals surface area contributed by atoms with E-state index >= 15 is 0 Å². The molecule has 21 heteroatoms. The van der Waals surface area contributed by atoms with Crippen molar-refractivity contribution in [3.05, 3.63) is 53.3 Å². The molecule has 3 aliphatic rings. The van der Waals surface area contributed by atoms with Crippen LogP contribution in [-0.2, 0) is 44.4 Å². The van der Waals surface area contributed by atoms with E-state index in [2.05, 4.69) is 15.3 Å². The molecule has 75 heavy (non-hydrogen) atoms. The monoisotopic (exact) mass is 1080 g/mol. The van der Waals surface area contributed by atoms with Crippen LogP contribution in [0.15, 0.2) is 42.0 Å². The fraction of sp³-hybridized carbons (Fsp3) is 0.778. The summed E-state index contributed by atoms with van der Waals surface area (Å²) in [5.41, 5.74) is -2.24. The quantitative estimate of drug-likeness (QED) is 0.117. The predicted molar refractivity (Wildman–Crippen MR) is 279 cm³/mol. The van der Waals surface area contributed by atoms with Gasteiger partial charge in [-0.15, -0.1) is 16.4 Å². The van der Waals surface area contributed by atoms with Crippen LogP contribution in [0.25, 0.3) is 10.6 Å². The second-order valence-corrected chi connectivity index (χ2v) is 23.4. The van der Waals surface area contributed by atoms with Crippen LogP contribution in [0.5, 0.6) is 0 Å². The van der Waals surface area contributed by atoms with Gasteiger partial charge in [0.2, 0.25) is 0 Å². The smallest absolute Gasteiger partial charge is 0.311 e. The number of esters is 1. The lowest BCUT2D eigenvalue weighted by molar-refractivity contribution is -0.318. The van der Waals surface area contributed by atoms with Crippen molar-refractivity contribution in [3.63, 3.8) is 0 Å². The number of ether oxygens (including phenoxy) is 7. The molecule has 0 bridgehead atoms. The molecule has 6 rings (SSSR count). The van der Waals surface area contributed by atoms with E-state index in [0.29, 0.717) is 31.6 Å². The molecule has 5 heterocycles. The highest BCUT2D eigenvalue weighted by atomic mass is 32.1. The molecule has 0 amide bonds. The Kier molecular flexibility index (Phi) is 21.0. The third-order valence-corrected chi connectivity index (χ3v) is 17.2. The number of cyclic esters (lactones) is 1. The van der Waals surface area contributed by atoms with Gasteiger partial charge in [0.1, 0.15) is 53.8 Å². The summed E-state index contributed by atoms with van der Waals surface area (Å²) in [5, 5.41) is 71.4. The molecule has 0 spiro atoms. The van der Waals surface area contributed by atoms with Crippen LogP contribution >= 0.6 is 11.3 Å². The molecule has 3 saturated heterocycles. The zero-order valence-corrected chi connectivity index (χ0v) is 47.3. The molecular formula is C54H87FN6O13S. The Labute approximate surface area is 446 Å². The second kappa shape index (κ2) is 25.8. The number of aliphatic hydroxyl groups is 5. The first-order valence-corrected chi connectivity index (χ1v) is 27.4. The molecule has 5 N–H and O–H groups in total. The van der Waals surface area contributed by atoms with Crippen LogP contribution in [0.4, 0.5) is 4.39 Å². The lowest BCUT2D eigenvalue weighted by atomic mass is 9.77. The maximum absolute atomic E-state index is 14.9. The Balaban J connectivity index is 1.26. The third-order valence-electron chi connectivity index (χ3n) is 16.4. The number of carbonyl (C=O) groups is 1. The molecule has 424 valence electrons. The molecule has 3 fully saturated rings. The number of carbonyl (C=O) groups excluding carboxylic acids is 1. The van der Waals surface area contributed by atoms with Crippen molar-refractivity contribution in [1.29, 1.82) is 0 Å². The first-order chi connectivity index (χ1) is 35.3. The molecule has 0 aliphatic carbocycles. The zero-order valence-electron chi connectivity index (χ0n) is 46.5. The summed E-state index contributed by atoms with van der Waals surface area (Å²) >= 11 is 1.54. The molecule has 20 atom stereocenters. The Morgan fingerprint density at radius 2 is 1.68 bits per heavy atom. The molecule has 2 aromatic heterocycles. The molecule has 3 aliphatic heterocycles. The lowest BCUT2D eigenvalue weighted by Crippen LogP contribution is -2.61. The number of benzene rings is 1.